The summed E-state index contributed by atoms with van der Waals surface area (Å²) in [5.74, 6) is -2.10. The number of carbonyl (C=O) groups is 3. The number of anilines is 1. The molecule has 1 aromatic carbocycles. The Labute approximate surface area is 198 Å². The van der Waals surface area contributed by atoms with Gasteiger partial charge in [0.1, 0.15) is 6.10 Å². The Morgan fingerprint density at radius 1 is 1.03 bits per heavy atom. The number of hydrogen-bond acceptors (Lipinski definition) is 9. The highest BCUT2D eigenvalue weighted by atomic mass is 16.7. The molecule has 1 fully saturated rings. The highest BCUT2D eigenvalue weighted by Crippen LogP contribution is 2.31. The zero-order valence-electron chi connectivity index (χ0n) is 19.4. The molecule has 1 aromatic rings. The van der Waals surface area contributed by atoms with Crippen molar-refractivity contribution in [2.24, 2.45) is 11.8 Å². The average molecular weight is 478 g/mol. The SMILES string of the molecule is CO[C@H]1O[C@H](CO)[C@H](OC(=O)Nc2ccccc2)[C@@H]2OC(=O)[C@@H](C)C/C=C/C[C@H](C)C(=O)O[C@@H]12. The fourth-order valence-corrected chi connectivity index (χ4v) is 3.70. The van der Waals surface area contributed by atoms with E-state index in [0.29, 0.717) is 18.5 Å². The van der Waals surface area contributed by atoms with Crippen LogP contribution in [0.5, 0.6) is 0 Å². The summed E-state index contributed by atoms with van der Waals surface area (Å²) in [6.45, 7) is 2.86. The number of carbonyl (C=O) groups excluding carboxylic acids is 3. The number of amides is 1. The van der Waals surface area contributed by atoms with Crippen LogP contribution in [0.4, 0.5) is 10.5 Å². The van der Waals surface area contributed by atoms with Crippen molar-refractivity contribution in [2.45, 2.75) is 57.4 Å². The topological polar surface area (TPSA) is 130 Å². The number of para-hydroxylation sites is 1. The van der Waals surface area contributed by atoms with Crippen molar-refractivity contribution in [3.8, 4) is 0 Å². The molecule has 0 radical (unpaired) electrons. The summed E-state index contributed by atoms with van der Waals surface area (Å²) in [5.41, 5.74) is 0.479. The molecule has 0 spiro atoms. The minimum absolute atomic E-state index is 0.408. The zero-order valence-corrected chi connectivity index (χ0v) is 19.4. The second-order valence-corrected chi connectivity index (χ2v) is 8.37. The lowest BCUT2D eigenvalue weighted by atomic mass is 9.97. The molecule has 0 bridgehead atoms. The number of hydrogen-bond donors (Lipinski definition) is 2. The van der Waals surface area contributed by atoms with Gasteiger partial charge in [-0.25, -0.2) is 4.79 Å². The van der Waals surface area contributed by atoms with Crippen molar-refractivity contribution in [3.05, 3.63) is 42.5 Å². The van der Waals surface area contributed by atoms with Gasteiger partial charge in [0, 0.05) is 12.8 Å². The standard InChI is InChI=1S/C24H31NO9/c1-14-9-7-8-10-15(2)22(28)33-20-19(32-21(14)27)18(17(13-26)31-23(20)30-3)34-24(29)25-16-11-5-4-6-12-16/h4-8,11-12,14-15,17-20,23,26H,9-10,13H2,1-3H3,(H,25,29)/b8-7+/t14-,15-,17+,18-,19-,20+,23-/m0/s1. The van der Waals surface area contributed by atoms with Crippen LogP contribution in [0.15, 0.2) is 42.5 Å². The molecule has 1 amide bonds. The van der Waals surface area contributed by atoms with Crippen molar-refractivity contribution >= 4 is 23.7 Å². The van der Waals surface area contributed by atoms with E-state index < -0.39 is 67.2 Å². The number of benzene rings is 1. The Kier molecular flexibility index (Phi) is 9.03. The number of allylic oxidation sites excluding steroid dienone is 2. The fourth-order valence-electron chi connectivity index (χ4n) is 3.70. The van der Waals surface area contributed by atoms with Gasteiger partial charge >= 0.3 is 18.0 Å². The van der Waals surface area contributed by atoms with Crippen molar-refractivity contribution in [3.63, 3.8) is 0 Å². The molecule has 7 atom stereocenters. The maximum Gasteiger partial charge on any atom is 0.412 e. The van der Waals surface area contributed by atoms with E-state index in [1.807, 2.05) is 12.2 Å². The minimum atomic E-state index is -1.28. The average Bonchev–Trinajstić information content (AvgIpc) is 2.83. The van der Waals surface area contributed by atoms with Crippen LogP contribution in [0, 0.1) is 11.8 Å². The van der Waals surface area contributed by atoms with Crippen molar-refractivity contribution in [1.29, 1.82) is 0 Å². The Hall–Kier alpha value is -2.95. The third-order valence-corrected chi connectivity index (χ3v) is 5.72. The van der Waals surface area contributed by atoms with Crippen LogP contribution in [-0.4, -0.2) is 67.6 Å². The molecule has 0 saturated carbocycles. The maximum absolute atomic E-state index is 12.8. The van der Waals surface area contributed by atoms with Gasteiger partial charge in [0.2, 0.25) is 0 Å². The third-order valence-electron chi connectivity index (χ3n) is 5.72. The van der Waals surface area contributed by atoms with Crippen molar-refractivity contribution in [1.82, 2.24) is 0 Å². The van der Waals surface area contributed by atoms with Crippen LogP contribution in [0.2, 0.25) is 0 Å². The van der Waals surface area contributed by atoms with E-state index in [1.54, 1.807) is 44.2 Å². The second-order valence-electron chi connectivity index (χ2n) is 8.37. The predicted octanol–water partition coefficient (Wildman–Crippen LogP) is 2.41. The van der Waals surface area contributed by atoms with Gasteiger partial charge < -0.3 is 28.8 Å². The summed E-state index contributed by atoms with van der Waals surface area (Å²) in [5, 5.41) is 12.5. The first-order valence-corrected chi connectivity index (χ1v) is 11.2. The van der Waals surface area contributed by atoms with Crippen molar-refractivity contribution < 1.29 is 43.2 Å². The first-order chi connectivity index (χ1) is 16.3. The molecular weight excluding hydrogens is 446 g/mol. The number of nitrogens with one attached hydrogen (secondary N) is 1. The van der Waals surface area contributed by atoms with E-state index in [0.717, 1.165) is 0 Å². The summed E-state index contributed by atoms with van der Waals surface area (Å²) in [6.07, 6.45) is -2.41. The number of fused-ring (bicyclic) bond motifs is 1. The van der Waals surface area contributed by atoms with Gasteiger partial charge in [-0.1, -0.05) is 44.2 Å². The number of rotatable bonds is 4. The first-order valence-electron chi connectivity index (χ1n) is 11.2. The number of esters is 2. The molecule has 2 aliphatic heterocycles. The second kappa shape index (κ2) is 12.0. The van der Waals surface area contributed by atoms with Gasteiger partial charge in [-0.05, 0) is 25.0 Å². The predicted molar refractivity (Wildman–Crippen MR) is 120 cm³/mol. The molecule has 34 heavy (non-hydrogen) atoms. The number of methoxy groups -OCH3 is 1. The van der Waals surface area contributed by atoms with Crippen LogP contribution >= 0.6 is 0 Å². The van der Waals surface area contributed by atoms with E-state index >= 15 is 0 Å². The lowest BCUT2D eigenvalue weighted by Gasteiger charge is -2.44. The lowest BCUT2D eigenvalue weighted by Crippen LogP contribution is -2.63. The molecule has 3 rings (SSSR count). The highest BCUT2D eigenvalue weighted by molar-refractivity contribution is 5.84. The summed E-state index contributed by atoms with van der Waals surface area (Å²) < 4.78 is 28.0. The molecular formula is C24H31NO9. The molecule has 186 valence electrons. The Morgan fingerprint density at radius 2 is 1.62 bits per heavy atom. The molecule has 10 nitrogen and oxygen atoms in total. The monoisotopic (exact) mass is 477 g/mol. The van der Waals surface area contributed by atoms with Crippen LogP contribution in [0.3, 0.4) is 0 Å². The van der Waals surface area contributed by atoms with Gasteiger partial charge in [0.05, 0.1) is 18.4 Å². The molecule has 1 saturated heterocycles. The van der Waals surface area contributed by atoms with Crippen LogP contribution in [-0.2, 0) is 33.3 Å². The molecule has 0 aliphatic carbocycles. The Bertz CT molecular complexity index is 874. The van der Waals surface area contributed by atoms with Gasteiger partial charge in [-0.2, -0.15) is 0 Å². The number of aliphatic hydroxyl groups is 1. The minimum Gasteiger partial charge on any atom is -0.454 e. The van der Waals surface area contributed by atoms with E-state index in [9.17, 15) is 19.5 Å². The lowest BCUT2D eigenvalue weighted by molar-refractivity contribution is -0.300. The fraction of sp³-hybridized carbons (Fsp3) is 0.542. The Balaban J connectivity index is 1.92. The van der Waals surface area contributed by atoms with Crippen LogP contribution < -0.4 is 5.32 Å². The zero-order chi connectivity index (χ0) is 24.7. The molecule has 0 aromatic heterocycles. The van der Waals surface area contributed by atoms with Crippen molar-refractivity contribution in [2.75, 3.05) is 19.0 Å². The van der Waals surface area contributed by atoms with E-state index in [4.69, 9.17) is 23.7 Å². The van der Waals surface area contributed by atoms with Gasteiger partial charge in [-0.3, -0.25) is 14.9 Å². The summed E-state index contributed by atoms with van der Waals surface area (Å²) in [7, 11) is 1.33. The molecule has 2 heterocycles. The van der Waals surface area contributed by atoms with Gasteiger partial charge in [0.15, 0.2) is 24.6 Å². The molecule has 2 N–H and O–H groups in total. The highest BCUT2D eigenvalue weighted by Gasteiger charge is 2.53. The molecule has 10 heteroatoms. The molecule has 2 aliphatic rings. The van der Waals surface area contributed by atoms with Gasteiger partial charge in [-0.15, -0.1) is 0 Å². The van der Waals surface area contributed by atoms with Gasteiger partial charge in [0.25, 0.3) is 0 Å². The first kappa shape index (κ1) is 25.7. The van der Waals surface area contributed by atoms with E-state index in [2.05, 4.69) is 5.32 Å². The quantitative estimate of drug-likeness (QED) is 0.381. The van der Waals surface area contributed by atoms with E-state index in [1.165, 1.54) is 7.11 Å². The number of ether oxygens (including phenoxy) is 5. The van der Waals surface area contributed by atoms with Crippen LogP contribution in [0.1, 0.15) is 26.7 Å². The largest absolute Gasteiger partial charge is 0.454 e. The number of aliphatic hydroxyl groups excluding tert-OH is 1. The summed E-state index contributed by atoms with van der Waals surface area (Å²) in [4.78, 5) is 38.2. The maximum atomic E-state index is 12.8. The third kappa shape index (κ3) is 6.34. The normalized spacial score (nSPS) is 33.2. The smallest absolute Gasteiger partial charge is 0.412 e. The van der Waals surface area contributed by atoms with E-state index in [-0.39, 0.29) is 0 Å². The molecule has 0 unspecified atom stereocenters. The van der Waals surface area contributed by atoms with Crippen LogP contribution in [0.25, 0.3) is 0 Å². The summed E-state index contributed by atoms with van der Waals surface area (Å²) in [6, 6.07) is 8.60. The Morgan fingerprint density at radius 3 is 2.18 bits per heavy atom. The summed E-state index contributed by atoms with van der Waals surface area (Å²) >= 11 is 0.